The van der Waals surface area contributed by atoms with Crippen molar-refractivity contribution in [2.75, 3.05) is 13.2 Å². The normalized spacial score (nSPS) is 12.4. The molecule has 0 heterocycles. The fourth-order valence-corrected chi connectivity index (χ4v) is 10.2. The third kappa shape index (κ3) is 43.2. The summed E-state index contributed by atoms with van der Waals surface area (Å²) in [6.45, 7) is 8.00. The first-order valence-electron chi connectivity index (χ1n) is 31.2. The third-order valence-electron chi connectivity index (χ3n) is 15.1. The molecule has 0 aromatic carbocycles. The van der Waals surface area contributed by atoms with Crippen molar-refractivity contribution >= 4 is 35.3 Å². The average Bonchev–Trinajstić information content (AvgIpc) is 3.36. The lowest BCUT2D eigenvalue weighted by atomic mass is 9.76. The molecule has 0 aliphatic heterocycles. The topological polar surface area (TPSA) is 150 Å². The number of ether oxygens (including phenoxy) is 3. The highest BCUT2D eigenvalue weighted by Gasteiger charge is 2.47. The Balaban J connectivity index is 4.41. The molecule has 0 saturated carbocycles. The van der Waals surface area contributed by atoms with Gasteiger partial charge in [-0.05, 0) is 46.5 Å². The number of rotatable bonds is 57. The molecule has 0 aromatic heterocycles. The molecule has 10 heteroatoms. The van der Waals surface area contributed by atoms with Gasteiger partial charge in [0.15, 0.2) is 23.3 Å². The predicted octanol–water partition coefficient (Wildman–Crippen LogP) is 17.5. The van der Waals surface area contributed by atoms with Crippen molar-refractivity contribution in [3.63, 3.8) is 0 Å². The van der Waals surface area contributed by atoms with Gasteiger partial charge in [-0.15, -0.1) is 0 Å². The van der Waals surface area contributed by atoms with Crippen LogP contribution < -0.4 is 0 Å². The first-order chi connectivity index (χ1) is 35.4. The number of carbonyl (C=O) groups excluding carboxylic acids is 6. The Morgan fingerprint density at radius 2 is 0.575 bits per heavy atom. The summed E-state index contributed by atoms with van der Waals surface area (Å²) < 4.78 is 16.9. The molecule has 428 valence electrons. The highest BCUT2D eigenvalue weighted by molar-refractivity contribution is 6.11. The first kappa shape index (κ1) is 70.4. The van der Waals surface area contributed by atoms with E-state index in [1.165, 1.54) is 194 Å². The number of carbonyl (C=O) groups is 6. The summed E-state index contributed by atoms with van der Waals surface area (Å²) in [5.41, 5.74) is -2.21. The molecular formula is C63H116O10. The molecule has 0 fully saturated rings. The second-order valence-corrected chi connectivity index (χ2v) is 22.1. The van der Waals surface area contributed by atoms with Crippen molar-refractivity contribution in [1.29, 1.82) is 0 Å². The van der Waals surface area contributed by atoms with Gasteiger partial charge < -0.3 is 19.3 Å². The average molecular weight is 1030 g/mol. The lowest BCUT2D eigenvalue weighted by Crippen LogP contribution is -2.53. The quantitative estimate of drug-likeness (QED) is 0.0270. The van der Waals surface area contributed by atoms with E-state index in [1.54, 1.807) is 0 Å². The highest BCUT2D eigenvalue weighted by atomic mass is 16.6. The molecule has 0 bridgehead atoms. The van der Waals surface area contributed by atoms with Crippen molar-refractivity contribution in [2.45, 2.75) is 348 Å². The van der Waals surface area contributed by atoms with Crippen LogP contribution in [0.1, 0.15) is 336 Å². The first-order valence-corrected chi connectivity index (χ1v) is 31.2. The number of ketones is 3. The van der Waals surface area contributed by atoms with Gasteiger partial charge in [0, 0.05) is 19.3 Å². The van der Waals surface area contributed by atoms with Crippen LogP contribution in [-0.4, -0.2) is 65.3 Å². The van der Waals surface area contributed by atoms with Crippen LogP contribution in [-0.2, 0) is 43.0 Å². The van der Waals surface area contributed by atoms with E-state index in [2.05, 4.69) is 13.8 Å². The lowest BCUT2D eigenvalue weighted by Gasteiger charge is -2.30. The van der Waals surface area contributed by atoms with Gasteiger partial charge in [0.1, 0.15) is 19.0 Å². The number of hydrogen-bond acceptors (Lipinski definition) is 10. The molecule has 0 radical (unpaired) electrons. The van der Waals surface area contributed by atoms with Crippen LogP contribution in [0.2, 0.25) is 0 Å². The van der Waals surface area contributed by atoms with Gasteiger partial charge in [-0.25, -0.2) is 0 Å². The van der Waals surface area contributed by atoms with Gasteiger partial charge in [0.25, 0.3) is 0 Å². The molecule has 73 heavy (non-hydrogen) atoms. The summed E-state index contributed by atoms with van der Waals surface area (Å²) in [6, 6.07) is 0. The second-order valence-electron chi connectivity index (χ2n) is 22.1. The van der Waals surface area contributed by atoms with Gasteiger partial charge in [0.05, 0.1) is 5.92 Å². The van der Waals surface area contributed by atoms with Crippen molar-refractivity contribution in [1.82, 2.24) is 0 Å². The van der Waals surface area contributed by atoms with Crippen LogP contribution >= 0.6 is 0 Å². The molecule has 2 atom stereocenters. The fourth-order valence-electron chi connectivity index (χ4n) is 10.2. The Morgan fingerprint density at radius 1 is 0.342 bits per heavy atom. The standard InChI is InChI=1S/C63H116O10/c1-6-8-10-12-14-16-18-20-22-26-30-34-38-42-46-50-60(67)71-53-58(73-62(69)52-48-44-40-36-32-27-23-21-19-17-15-13-11-9-7-2)54-72-61(68)51-47-43-39-35-31-28-24-25-29-33-37-41-45-49-59(55(3)64)63(70,56(4)65)57(5)66/h58-59,70H,6-54H2,1-5H3. The molecule has 0 aliphatic rings. The minimum Gasteiger partial charge on any atom is -0.462 e. The Bertz CT molecular complexity index is 1330. The maximum absolute atomic E-state index is 12.9. The molecule has 1 N–H and O–H groups in total. The molecule has 2 unspecified atom stereocenters. The van der Waals surface area contributed by atoms with Crippen molar-refractivity contribution in [2.24, 2.45) is 5.92 Å². The summed E-state index contributed by atoms with van der Waals surface area (Å²) in [5, 5.41) is 10.7. The zero-order valence-corrected chi connectivity index (χ0v) is 48.4. The van der Waals surface area contributed by atoms with Crippen LogP contribution in [0.4, 0.5) is 0 Å². The van der Waals surface area contributed by atoms with E-state index < -0.39 is 29.2 Å². The number of hydrogen-bond donors (Lipinski definition) is 1. The number of Topliss-reactive ketones (excluding diaryl/α,β-unsaturated/α-hetero) is 3. The maximum atomic E-state index is 12.9. The molecule has 0 aliphatic carbocycles. The van der Waals surface area contributed by atoms with Crippen LogP contribution in [0.5, 0.6) is 0 Å². The van der Waals surface area contributed by atoms with Crippen LogP contribution in [0.25, 0.3) is 0 Å². The SMILES string of the molecule is CCCCCCCCCCCCCCCCCC(=O)OCC(COC(=O)CCCCCCCCCCCCCCCC(C(C)=O)C(O)(C(C)=O)C(C)=O)OC(=O)CCCCCCCCCCCCCCCCC. The lowest BCUT2D eigenvalue weighted by molar-refractivity contribution is -0.167. The molecule has 0 aromatic rings. The largest absolute Gasteiger partial charge is 0.462 e. The minimum absolute atomic E-state index is 0.101. The van der Waals surface area contributed by atoms with E-state index in [1.807, 2.05) is 0 Å². The van der Waals surface area contributed by atoms with Crippen LogP contribution in [0.15, 0.2) is 0 Å². The maximum Gasteiger partial charge on any atom is 0.306 e. The van der Waals surface area contributed by atoms with E-state index in [4.69, 9.17) is 14.2 Å². The minimum atomic E-state index is -2.21. The smallest absolute Gasteiger partial charge is 0.306 e. The fraction of sp³-hybridized carbons (Fsp3) is 0.905. The Hall–Kier alpha value is -2.62. The zero-order chi connectivity index (χ0) is 53.9. The molecular weight excluding hydrogens is 917 g/mol. The number of esters is 3. The van der Waals surface area contributed by atoms with Crippen molar-refractivity contribution in [3.05, 3.63) is 0 Å². The van der Waals surface area contributed by atoms with Crippen molar-refractivity contribution < 1.29 is 48.1 Å². The van der Waals surface area contributed by atoms with E-state index in [0.29, 0.717) is 32.1 Å². The van der Waals surface area contributed by atoms with E-state index in [9.17, 15) is 33.9 Å². The van der Waals surface area contributed by atoms with E-state index >= 15 is 0 Å². The van der Waals surface area contributed by atoms with Gasteiger partial charge in [0.2, 0.25) is 0 Å². The summed E-state index contributed by atoms with van der Waals surface area (Å²) in [6.07, 6.45) is 51.7. The Morgan fingerprint density at radius 3 is 0.822 bits per heavy atom. The molecule has 0 rings (SSSR count). The van der Waals surface area contributed by atoms with Gasteiger partial charge in [-0.3, -0.25) is 28.8 Å². The van der Waals surface area contributed by atoms with Crippen molar-refractivity contribution in [3.8, 4) is 0 Å². The zero-order valence-electron chi connectivity index (χ0n) is 48.4. The molecule has 0 amide bonds. The summed E-state index contributed by atoms with van der Waals surface area (Å²) in [5.74, 6) is -3.59. The summed E-state index contributed by atoms with van der Waals surface area (Å²) in [4.78, 5) is 74.5. The number of aliphatic hydroxyl groups is 1. The van der Waals surface area contributed by atoms with Gasteiger partial charge in [-0.1, -0.05) is 271 Å². The Labute approximate surface area is 448 Å². The third-order valence-corrected chi connectivity index (χ3v) is 15.1. The van der Waals surface area contributed by atoms with Crippen LogP contribution in [0, 0.1) is 5.92 Å². The Kier molecular flexibility index (Phi) is 49.6. The van der Waals surface area contributed by atoms with E-state index in [0.717, 1.165) is 96.3 Å². The van der Waals surface area contributed by atoms with E-state index in [-0.39, 0.29) is 36.9 Å². The molecule has 0 saturated heterocycles. The monoisotopic (exact) mass is 1030 g/mol. The molecule has 10 nitrogen and oxygen atoms in total. The summed E-state index contributed by atoms with van der Waals surface area (Å²) in [7, 11) is 0. The second kappa shape index (κ2) is 51.5. The van der Waals surface area contributed by atoms with Gasteiger partial charge >= 0.3 is 17.9 Å². The summed E-state index contributed by atoms with van der Waals surface area (Å²) >= 11 is 0. The van der Waals surface area contributed by atoms with Crippen LogP contribution in [0.3, 0.4) is 0 Å². The number of unbranched alkanes of at least 4 members (excludes halogenated alkanes) is 40. The predicted molar refractivity (Wildman–Crippen MR) is 301 cm³/mol. The highest BCUT2D eigenvalue weighted by Crippen LogP contribution is 2.28. The van der Waals surface area contributed by atoms with Gasteiger partial charge in [-0.2, -0.15) is 0 Å². The molecule has 0 spiro atoms.